The van der Waals surface area contributed by atoms with Crippen LogP contribution in [0.2, 0.25) is 5.02 Å². The molecule has 0 atom stereocenters. The van der Waals surface area contributed by atoms with Gasteiger partial charge in [0.25, 0.3) is 10.0 Å². The van der Waals surface area contributed by atoms with Crippen LogP contribution in [-0.4, -0.2) is 14.2 Å². The number of carbonyl (C=O) groups excluding carboxylic acids is 1. The molecule has 25 heavy (non-hydrogen) atoms. The molecule has 0 saturated heterocycles. The van der Waals surface area contributed by atoms with Gasteiger partial charge in [-0.1, -0.05) is 11.6 Å². The highest BCUT2D eigenvalue weighted by molar-refractivity contribution is 7.92. The van der Waals surface area contributed by atoms with Gasteiger partial charge >= 0.3 is 0 Å². The summed E-state index contributed by atoms with van der Waals surface area (Å²) in [5.41, 5.74) is 0.832. The van der Waals surface area contributed by atoms with Gasteiger partial charge in [-0.2, -0.15) is 0 Å². The van der Waals surface area contributed by atoms with E-state index in [1.807, 2.05) is 0 Å². The molecule has 0 bridgehead atoms. The number of ketones is 1. The molecule has 0 radical (unpaired) electrons. The molecular weight excluding hydrogens is 369 g/mol. The van der Waals surface area contributed by atoms with Crippen molar-refractivity contribution in [2.45, 2.75) is 18.7 Å². The molecule has 1 aromatic heterocycles. The zero-order chi connectivity index (χ0) is 18.4. The number of rotatable bonds is 4. The summed E-state index contributed by atoms with van der Waals surface area (Å²) >= 11 is 6.16. The number of hydrogen-bond acceptors (Lipinski definition) is 4. The average Bonchev–Trinajstić information content (AvgIpc) is 2.84. The Morgan fingerprint density at radius 3 is 2.44 bits per heavy atom. The minimum absolute atomic E-state index is 0.0970. The Balaban J connectivity index is 2.09. The molecule has 1 heterocycles. The second-order valence-corrected chi connectivity index (χ2v) is 7.57. The molecule has 3 aromatic rings. The van der Waals surface area contributed by atoms with Crippen molar-refractivity contribution in [1.29, 1.82) is 0 Å². The van der Waals surface area contributed by atoms with Crippen LogP contribution in [0.4, 0.5) is 10.1 Å². The fourth-order valence-corrected chi connectivity index (χ4v) is 3.90. The maximum absolute atomic E-state index is 13.0. The number of Topliss-reactive ketones (excluding diaryl/α,β-unsaturated/α-hetero) is 1. The zero-order valence-electron chi connectivity index (χ0n) is 13.3. The Hall–Kier alpha value is -2.38. The standard InChI is InChI=1S/C17H13ClFNO4S/c1-9(21)16-10(2)24-17-14(16)7-12(8-15(17)18)20-25(22,23)13-5-3-11(19)4-6-13/h3-8,20H,1-2H3. The molecular formula is C17H13ClFNO4S. The predicted octanol–water partition coefficient (Wildman–Crippen LogP) is 4.54. The van der Waals surface area contributed by atoms with Gasteiger partial charge in [-0.15, -0.1) is 0 Å². The van der Waals surface area contributed by atoms with Gasteiger partial charge in [-0.05, 0) is 50.2 Å². The lowest BCUT2D eigenvalue weighted by Crippen LogP contribution is -2.13. The molecule has 1 N–H and O–H groups in total. The third kappa shape index (κ3) is 3.25. The van der Waals surface area contributed by atoms with Gasteiger partial charge in [0.15, 0.2) is 11.4 Å². The summed E-state index contributed by atoms with van der Waals surface area (Å²) in [5.74, 6) is -0.350. The molecule has 0 amide bonds. The number of benzene rings is 2. The topological polar surface area (TPSA) is 76.4 Å². The number of halogens is 2. The number of furan rings is 1. The Bertz CT molecular complexity index is 1090. The molecule has 0 aliphatic rings. The van der Waals surface area contributed by atoms with Crippen molar-refractivity contribution < 1.29 is 22.0 Å². The lowest BCUT2D eigenvalue weighted by atomic mass is 10.1. The van der Waals surface area contributed by atoms with Crippen molar-refractivity contribution in [3.05, 3.63) is 58.6 Å². The number of carbonyl (C=O) groups is 1. The second-order valence-electron chi connectivity index (χ2n) is 5.48. The Morgan fingerprint density at radius 1 is 1.20 bits per heavy atom. The Morgan fingerprint density at radius 2 is 1.84 bits per heavy atom. The summed E-state index contributed by atoms with van der Waals surface area (Å²) in [7, 11) is -3.93. The van der Waals surface area contributed by atoms with Gasteiger partial charge in [0.2, 0.25) is 0 Å². The largest absolute Gasteiger partial charge is 0.459 e. The van der Waals surface area contributed by atoms with E-state index in [4.69, 9.17) is 16.0 Å². The first-order valence-electron chi connectivity index (χ1n) is 7.21. The number of sulfonamides is 1. The number of anilines is 1. The summed E-state index contributed by atoms with van der Waals surface area (Å²) < 4.78 is 45.7. The van der Waals surface area contributed by atoms with Crippen molar-refractivity contribution in [2.75, 3.05) is 4.72 Å². The average molecular weight is 382 g/mol. The molecule has 3 rings (SSSR count). The monoisotopic (exact) mass is 381 g/mol. The molecule has 0 fully saturated rings. The highest BCUT2D eigenvalue weighted by Crippen LogP contribution is 2.35. The van der Waals surface area contributed by atoms with Crippen molar-refractivity contribution in [1.82, 2.24) is 0 Å². The van der Waals surface area contributed by atoms with Crippen LogP contribution in [0.5, 0.6) is 0 Å². The molecule has 130 valence electrons. The summed E-state index contributed by atoms with van der Waals surface area (Å²) in [6.07, 6.45) is 0. The number of fused-ring (bicyclic) bond motifs is 1. The maximum atomic E-state index is 13.0. The van der Waals surface area contributed by atoms with Crippen LogP contribution < -0.4 is 4.72 Å². The molecule has 0 aliphatic carbocycles. The molecule has 2 aromatic carbocycles. The van der Waals surface area contributed by atoms with Crippen LogP contribution in [-0.2, 0) is 10.0 Å². The predicted molar refractivity (Wildman–Crippen MR) is 93.2 cm³/mol. The minimum atomic E-state index is -3.93. The first-order chi connectivity index (χ1) is 11.7. The normalized spacial score (nSPS) is 11.7. The van der Waals surface area contributed by atoms with Crippen LogP contribution in [0.25, 0.3) is 11.0 Å². The van der Waals surface area contributed by atoms with Gasteiger partial charge in [-0.3, -0.25) is 9.52 Å². The van der Waals surface area contributed by atoms with E-state index in [2.05, 4.69) is 4.72 Å². The lowest BCUT2D eigenvalue weighted by molar-refractivity contribution is 0.101. The first-order valence-corrected chi connectivity index (χ1v) is 9.07. The molecule has 5 nitrogen and oxygen atoms in total. The van der Waals surface area contributed by atoms with E-state index in [-0.39, 0.29) is 21.4 Å². The fourth-order valence-electron chi connectivity index (χ4n) is 2.60. The number of hydrogen-bond donors (Lipinski definition) is 1. The molecule has 0 aliphatic heterocycles. The van der Waals surface area contributed by atoms with Crippen LogP contribution in [0, 0.1) is 12.7 Å². The molecule has 0 spiro atoms. The van der Waals surface area contributed by atoms with Crippen LogP contribution in [0.15, 0.2) is 45.7 Å². The van der Waals surface area contributed by atoms with Crippen molar-refractivity contribution in [3.63, 3.8) is 0 Å². The quantitative estimate of drug-likeness (QED) is 0.673. The van der Waals surface area contributed by atoms with Crippen LogP contribution in [0.3, 0.4) is 0 Å². The van der Waals surface area contributed by atoms with Gasteiger partial charge in [0.1, 0.15) is 11.6 Å². The van der Waals surface area contributed by atoms with Crippen LogP contribution >= 0.6 is 11.6 Å². The third-order valence-corrected chi connectivity index (χ3v) is 5.33. The van der Waals surface area contributed by atoms with E-state index in [0.717, 1.165) is 24.3 Å². The van der Waals surface area contributed by atoms with Gasteiger partial charge in [-0.25, -0.2) is 12.8 Å². The highest BCUT2D eigenvalue weighted by Gasteiger charge is 2.20. The van der Waals surface area contributed by atoms with E-state index >= 15 is 0 Å². The number of nitrogens with one attached hydrogen (secondary N) is 1. The van der Waals surface area contributed by atoms with Crippen molar-refractivity contribution in [2.24, 2.45) is 0 Å². The number of aryl methyl sites for hydroxylation is 1. The van der Waals surface area contributed by atoms with E-state index in [1.165, 1.54) is 19.1 Å². The lowest BCUT2D eigenvalue weighted by Gasteiger charge is -2.09. The summed E-state index contributed by atoms with van der Waals surface area (Å²) in [6.45, 7) is 3.02. The van der Waals surface area contributed by atoms with Gasteiger partial charge < -0.3 is 4.42 Å². The SMILES string of the molecule is CC(=O)c1c(C)oc2c(Cl)cc(NS(=O)(=O)c3ccc(F)cc3)cc12. The first kappa shape index (κ1) is 17.4. The Labute approximate surface area is 148 Å². The van der Waals surface area contributed by atoms with Gasteiger partial charge in [0.05, 0.1) is 21.2 Å². The fraction of sp³-hybridized carbons (Fsp3) is 0.118. The molecule has 8 heteroatoms. The third-order valence-electron chi connectivity index (χ3n) is 3.65. The Kier molecular flexibility index (Phi) is 4.30. The summed E-state index contributed by atoms with van der Waals surface area (Å²) in [6, 6.07) is 7.28. The van der Waals surface area contributed by atoms with E-state index in [9.17, 15) is 17.6 Å². The van der Waals surface area contributed by atoms with E-state index in [0.29, 0.717) is 22.3 Å². The second kappa shape index (κ2) is 6.16. The van der Waals surface area contributed by atoms with Gasteiger partial charge in [0, 0.05) is 5.39 Å². The smallest absolute Gasteiger partial charge is 0.261 e. The van der Waals surface area contributed by atoms with Crippen LogP contribution in [0.1, 0.15) is 23.0 Å². The van der Waals surface area contributed by atoms with Crippen molar-refractivity contribution >= 4 is 44.1 Å². The molecule has 0 unspecified atom stereocenters. The molecule has 0 saturated carbocycles. The highest BCUT2D eigenvalue weighted by atomic mass is 35.5. The summed E-state index contributed by atoms with van der Waals surface area (Å²) in [4.78, 5) is 11.7. The maximum Gasteiger partial charge on any atom is 0.261 e. The summed E-state index contributed by atoms with van der Waals surface area (Å²) in [5, 5.41) is 0.596. The van der Waals surface area contributed by atoms with E-state index < -0.39 is 15.8 Å². The zero-order valence-corrected chi connectivity index (χ0v) is 14.8. The van der Waals surface area contributed by atoms with Crippen molar-refractivity contribution in [3.8, 4) is 0 Å². The minimum Gasteiger partial charge on any atom is -0.459 e. The van der Waals surface area contributed by atoms with E-state index in [1.54, 1.807) is 6.92 Å².